The van der Waals surface area contributed by atoms with E-state index < -0.39 is 29.4 Å². The molecule has 94 valence electrons. The van der Waals surface area contributed by atoms with Crippen LogP contribution >= 0.6 is 0 Å². The van der Waals surface area contributed by atoms with Gasteiger partial charge in [-0.15, -0.1) is 0 Å². The second-order valence-corrected chi connectivity index (χ2v) is 3.47. The second kappa shape index (κ2) is 5.58. The Balaban J connectivity index is 2.78. The highest BCUT2D eigenvalue weighted by molar-refractivity contribution is 5.75. The second-order valence-electron chi connectivity index (χ2n) is 3.47. The first-order valence-electron chi connectivity index (χ1n) is 5.04. The highest BCUT2D eigenvalue weighted by atomic mass is 19.1. The first kappa shape index (κ1) is 13.4. The molecule has 0 spiro atoms. The number of halogens is 2. The number of hydrogen-bond donors (Lipinski definition) is 2. The van der Waals surface area contributed by atoms with Crippen LogP contribution in [0.3, 0.4) is 0 Å². The minimum absolute atomic E-state index is 0.0625. The molecule has 0 saturated heterocycles. The number of ether oxygens (including phenoxy) is 1. The van der Waals surface area contributed by atoms with E-state index in [9.17, 15) is 13.6 Å². The summed E-state index contributed by atoms with van der Waals surface area (Å²) in [6.45, 7) is 1.81. The number of benzene rings is 1. The molecule has 1 aromatic carbocycles. The predicted molar refractivity (Wildman–Crippen MR) is 56.3 cm³/mol. The summed E-state index contributed by atoms with van der Waals surface area (Å²) in [5, 5.41) is 8.89. The molecule has 0 aliphatic rings. The summed E-state index contributed by atoms with van der Waals surface area (Å²) in [5.74, 6) is -3.85. The van der Waals surface area contributed by atoms with E-state index in [0.29, 0.717) is 0 Å². The summed E-state index contributed by atoms with van der Waals surface area (Å²) in [6.07, 6.45) is -0.0625. The van der Waals surface area contributed by atoms with Crippen molar-refractivity contribution in [2.24, 2.45) is 5.73 Å². The molecule has 0 amide bonds. The van der Waals surface area contributed by atoms with Crippen molar-refractivity contribution in [1.82, 2.24) is 0 Å². The Morgan fingerprint density at radius 2 is 2.00 bits per heavy atom. The number of carbonyl (C=O) groups is 1. The van der Waals surface area contributed by atoms with Gasteiger partial charge in [-0.05, 0) is 31.0 Å². The lowest BCUT2D eigenvalue weighted by Gasteiger charge is -2.11. The summed E-state index contributed by atoms with van der Waals surface area (Å²) in [5.41, 5.74) is 5.67. The monoisotopic (exact) mass is 245 g/mol. The van der Waals surface area contributed by atoms with Gasteiger partial charge in [0.2, 0.25) is 0 Å². The molecule has 1 atom stereocenters. The van der Waals surface area contributed by atoms with E-state index in [2.05, 4.69) is 4.74 Å². The lowest BCUT2D eigenvalue weighted by molar-refractivity contribution is -0.144. The van der Waals surface area contributed by atoms with Gasteiger partial charge < -0.3 is 15.6 Å². The maximum Gasteiger partial charge on any atom is 0.323 e. The average molecular weight is 245 g/mol. The van der Waals surface area contributed by atoms with Crippen LogP contribution in [0.4, 0.5) is 8.78 Å². The van der Waals surface area contributed by atoms with Gasteiger partial charge in [-0.1, -0.05) is 0 Å². The molecule has 0 aromatic heterocycles. The molecule has 0 heterocycles. The molecule has 1 rings (SSSR count). The van der Waals surface area contributed by atoms with Crippen LogP contribution in [0.2, 0.25) is 0 Å². The molecule has 17 heavy (non-hydrogen) atoms. The van der Waals surface area contributed by atoms with Crippen molar-refractivity contribution in [2.45, 2.75) is 19.4 Å². The molecule has 3 N–H and O–H groups in total. The number of rotatable bonds is 4. The zero-order valence-corrected chi connectivity index (χ0v) is 9.24. The van der Waals surface area contributed by atoms with Crippen LogP contribution in [0.5, 0.6) is 5.75 Å². The zero-order valence-electron chi connectivity index (χ0n) is 9.24. The van der Waals surface area contributed by atoms with Crippen molar-refractivity contribution in [2.75, 3.05) is 6.61 Å². The van der Waals surface area contributed by atoms with E-state index in [1.54, 1.807) is 6.92 Å². The molecule has 4 nitrogen and oxygen atoms in total. The van der Waals surface area contributed by atoms with Crippen molar-refractivity contribution in [3.63, 3.8) is 0 Å². The van der Waals surface area contributed by atoms with Gasteiger partial charge in [0.1, 0.15) is 6.04 Å². The molecule has 0 aliphatic carbocycles. The van der Waals surface area contributed by atoms with Crippen molar-refractivity contribution >= 4 is 5.97 Å². The molecular weight excluding hydrogens is 232 g/mol. The summed E-state index contributed by atoms with van der Waals surface area (Å²) < 4.78 is 30.6. The van der Waals surface area contributed by atoms with Crippen LogP contribution in [0.1, 0.15) is 12.5 Å². The Labute approximate surface area is 97.0 Å². The van der Waals surface area contributed by atoms with E-state index in [1.165, 1.54) is 0 Å². The predicted octanol–water partition coefficient (Wildman–Crippen LogP) is 1.10. The van der Waals surface area contributed by atoms with Crippen LogP contribution in [-0.4, -0.2) is 23.7 Å². The van der Waals surface area contributed by atoms with E-state index in [-0.39, 0.29) is 18.6 Å². The molecule has 1 aromatic rings. The number of phenolic OH excluding ortho intramolecular Hbond substituents is 1. The Hall–Kier alpha value is -1.69. The fourth-order valence-electron chi connectivity index (χ4n) is 1.32. The van der Waals surface area contributed by atoms with Crippen LogP contribution < -0.4 is 5.73 Å². The maximum absolute atomic E-state index is 13.0. The number of hydrogen-bond acceptors (Lipinski definition) is 4. The Kier molecular flexibility index (Phi) is 4.39. The number of nitrogens with two attached hydrogens (primary N) is 1. The number of phenols is 1. The molecule has 1 unspecified atom stereocenters. The zero-order chi connectivity index (χ0) is 13.0. The summed E-state index contributed by atoms with van der Waals surface area (Å²) in [6, 6.07) is 0.868. The minimum Gasteiger partial charge on any atom is -0.503 e. The van der Waals surface area contributed by atoms with Gasteiger partial charge in [-0.3, -0.25) is 4.79 Å². The Morgan fingerprint density at radius 3 is 2.47 bits per heavy atom. The van der Waals surface area contributed by atoms with E-state index in [0.717, 1.165) is 12.1 Å². The van der Waals surface area contributed by atoms with E-state index in [4.69, 9.17) is 10.8 Å². The number of carbonyl (C=O) groups excluding carboxylic acids is 1. The van der Waals surface area contributed by atoms with Gasteiger partial charge in [-0.2, -0.15) is 0 Å². The average Bonchev–Trinajstić information content (AvgIpc) is 2.26. The smallest absolute Gasteiger partial charge is 0.323 e. The van der Waals surface area contributed by atoms with Crippen LogP contribution in [0, 0.1) is 11.6 Å². The topological polar surface area (TPSA) is 72.5 Å². The quantitative estimate of drug-likeness (QED) is 0.779. The van der Waals surface area contributed by atoms with E-state index in [1.807, 2.05) is 0 Å². The fraction of sp³-hybridized carbons (Fsp3) is 0.364. The normalized spacial score (nSPS) is 12.2. The van der Waals surface area contributed by atoms with Crippen LogP contribution in [0.15, 0.2) is 12.1 Å². The van der Waals surface area contributed by atoms with E-state index >= 15 is 0 Å². The van der Waals surface area contributed by atoms with Crippen molar-refractivity contribution < 1.29 is 23.4 Å². The highest BCUT2D eigenvalue weighted by Gasteiger charge is 2.17. The molecule has 0 saturated carbocycles. The highest BCUT2D eigenvalue weighted by Crippen LogP contribution is 2.21. The molecule has 0 bridgehead atoms. The molecule has 0 fully saturated rings. The Bertz CT molecular complexity index is 400. The van der Waals surface area contributed by atoms with Crippen LogP contribution in [-0.2, 0) is 16.0 Å². The first-order valence-corrected chi connectivity index (χ1v) is 5.04. The van der Waals surface area contributed by atoms with Crippen molar-refractivity contribution in [1.29, 1.82) is 0 Å². The van der Waals surface area contributed by atoms with Crippen LogP contribution in [0.25, 0.3) is 0 Å². The SMILES string of the molecule is CCOC(=O)C(N)Cc1cc(F)c(O)c(F)c1. The van der Waals surface area contributed by atoms with Gasteiger partial charge in [0, 0.05) is 0 Å². The lowest BCUT2D eigenvalue weighted by atomic mass is 10.1. The van der Waals surface area contributed by atoms with Crippen molar-refractivity contribution in [3.05, 3.63) is 29.3 Å². The van der Waals surface area contributed by atoms with Gasteiger partial charge >= 0.3 is 5.97 Å². The third-order valence-electron chi connectivity index (χ3n) is 2.12. The minimum atomic E-state index is -1.09. The largest absolute Gasteiger partial charge is 0.503 e. The van der Waals surface area contributed by atoms with Gasteiger partial charge in [0.15, 0.2) is 17.4 Å². The first-order chi connectivity index (χ1) is 7.95. The van der Waals surface area contributed by atoms with Gasteiger partial charge in [0.05, 0.1) is 6.61 Å². The molecule has 6 heteroatoms. The standard InChI is InChI=1S/C11H13F2NO3/c1-2-17-11(16)9(14)5-6-3-7(12)10(15)8(13)4-6/h3-4,9,15H,2,5,14H2,1H3. The molecule has 0 aliphatic heterocycles. The number of esters is 1. The summed E-state index contributed by atoms with van der Waals surface area (Å²) >= 11 is 0. The van der Waals surface area contributed by atoms with Crippen molar-refractivity contribution in [3.8, 4) is 5.75 Å². The molecular formula is C11H13F2NO3. The summed E-state index contributed by atoms with van der Waals surface area (Å²) in [4.78, 5) is 11.2. The van der Waals surface area contributed by atoms with Gasteiger partial charge in [0.25, 0.3) is 0 Å². The Morgan fingerprint density at radius 1 is 1.47 bits per heavy atom. The number of aromatic hydroxyl groups is 1. The molecule has 0 radical (unpaired) electrons. The third-order valence-corrected chi connectivity index (χ3v) is 2.12. The fourth-order valence-corrected chi connectivity index (χ4v) is 1.32. The maximum atomic E-state index is 13.0. The lowest BCUT2D eigenvalue weighted by Crippen LogP contribution is -2.34. The third kappa shape index (κ3) is 3.39. The van der Waals surface area contributed by atoms with Gasteiger partial charge in [-0.25, -0.2) is 8.78 Å². The summed E-state index contributed by atoms with van der Waals surface area (Å²) in [7, 11) is 0.